The van der Waals surface area contributed by atoms with Gasteiger partial charge >= 0.3 is 0 Å². The summed E-state index contributed by atoms with van der Waals surface area (Å²) in [5.74, 6) is 1.76. The minimum Gasteiger partial charge on any atom is -0.508 e. The maximum Gasteiger partial charge on any atom is 0.115 e. The van der Waals surface area contributed by atoms with E-state index in [4.69, 9.17) is 0 Å². The zero-order chi connectivity index (χ0) is 13.0. The summed E-state index contributed by atoms with van der Waals surface area (Å²) in [6.45, 7) is 2.32. The summed E-state index contributed by atoms with van der Waals surface area (Å²) in [4.78, 5) is 0. The maximum absolute atomic E-state index is 9.64. The van der Waals surface area contributed by atoms with Crippen LogP contribution in [0.5, 0.6) is 5.75 Å². The predicted molar refractivity (Wildman–Crippen MR) is 77.3 cm³/mol. The van der Waals surface area contributed by atoms with Gasteiger partial charge in [-0.3, -0.25) is 0 Å². The molecule has 0 aliphatic heterocycles. The smallest absolute Gasteiger partial charge is 0.115 e. The Balaban J connectivity index is 1.77. The number of phenolic OH excluding ortho intramolecular Hbond substituents is 1. The molecule has 0 amide bonds. The molecule has 19 heavy (non-hydrogen) atoms. The third kappa shape index (κ3) is 1.60. The van der Waals surface area contributed by atoms with E-state index in [9.17, 15) is 5.11 Å². The summed E-state index contributed by atoms with van der Waals surface area (Å²) >= 11 is 0. The Bertz CT molecular complexity index is 606. The van der Waals surface area contributed by atoms with Crippen LogP contribution in [0.3, 0.4) is 0 Å². The highest BCUT2D eigenvalue weighted by molar-refractivity contribution is 5.49. The molecule has 0 heterocycles. The van der Waals surface area contributed by atoms with E-state index in [2.05, 4.69) is 19.1 Å². The van der Waals surface area contributed by atoms with E-state index >= 15 is 0 Å². The Morgan fingerprint density at radius 2 is 1.95 bits per heavy atom. The van der Waals surface area contributed by atoms with Crippen molar-refractivity contribution >= 4 is 0 Å². The molecule has 0 bridgehead atoms. The van der Waals surface area contributed by atoms with E-state index in [1.807, 2.05) is 12.1 Å². The van der Waals surface area contributed by atoms with Crippen LogP contribution in [0.2, 0.25) is 0 Å². The molecule has 98 valence electrons. The summed E-state index contributed by atoms with van der Waals surface area (Å²) in [6.07, 6.45) is 8.61. The highest BCUT2D eigenvalue weighted by atomic mass is 16.3. The Morgan fingerprint density at radius 1 is 1.11 bits per heavy atom. The van der Waals surface area contributed by atoms with Gasteiger partial charge in [-0.05, 0) is 62.3 Å². The highest BCUT2D eigenvalue weighted by Crippen LogP contribution is 2.52. The molecule has 3 aliphatic rings. The zero-order valence-corrected chi connectivity index (χ0v) is 11.4. The van der Waals surface area contributed by atoms with Crippen LogP contribution in [-0.2, 0) is 6.42 Å². The Kier molecular flexibility index (Phi) is 2.38. The standard InChI is InChI=1S/C18H20O/c1-11-2-5-16-14(11)8-9-17-15-7-4-13(19)10-12(15)3-6-18(16)17/h4,6-7,10,16-17,19H,2-3,5,8-9H2,1H3. The summed E-state index contributed by atoms with van der Waals surface area (Å²) in [6, 6.07) is 5.96. The van der Waals surface area contributed by atoms with Gasteiger partial charge in [-0.1, -0.05) is 28.9 Å². The molecule has 1 heteroatoms. The van der Waals surface area contributed by atoms with Crippen molar-refractivity contribution in [2.24, 2.45) is 5.92 Å². The van der Waals surface area contributed by atoms with E-state index in [1.165, 1.54) is 36.8 Å². The zero-order valence-electron chi connectivity index (χ0n) is 11.4. The lowest BCUT2D eigenvalue weighted by Crippen LogP contribution is -2.22. The molecule has 0 spiro atoms. The Hall–Kier alpha value is -1.50. The summed E-state index contributed by atoms with van der Waals surface area (Å²) in [5.41, 5.74) is 7.87. The fraction of sp³-hybridized carbons (Fsp3) is 0.444. The first-order valence-corrected chi connectivity index (χ1v) is 7.44. The van der Waals surface area contributed by atoms with Gasteiger partial charge in [-0.2, -0.15) is 0 Å². The van der Waals surface area contributed by atoms with E-state index in [0.29, 0.717) is 11.7 Å². The quantitative estimate of drug-likeness (QED) is 0.675. The number of allylic oxidation sites excluding steroid dienone is 4. The summed E-state index contributed by atoms with van der Waals surface area (Å²) in [7, 11) is 0. The van der Waals surface area contributed by atoms with Crippen LogP contribution in [0.25, 0.3) is 0 Å². The van der Waals surface area contributed by atoms with E-state index in [1.54, 1.807) is 16.7 Å². The number of phenols is 1. The first-order valence-electron chi connectivity index (χ1n) is 7.44. The van der Waals surface area contributed by atoms with Crippen LogP contribution in [0.4, 0.5) is 0 Å². The van der Waals surface area contributed by atoms with Gasteiger partial charge in [0.05, 0.1) is 0 Å². The maximum atomic E-state index is 9.64. The molecular weight excluding hydrogens is 232 g/mol. The molecule has 1 saturated carbocycles. The Labute approximate surface area is 114 Å². The van der Waals surface area contributed by atoms with Crippen molar-refractivity contribution in [1.82, 2.24) is 0 Å². The largest absolute Gasteiger partial charge is 0.508 e. The third-order valence-electron chi connectivity index (χ3n) is 5.34. The third-order valence-corrected chi connectivity index (χ3v) is 5.34. The number of rotatable bonds is 0. The van der Waals surface area contributed by atoms with Crippen LogP contribution in [-0.4, -0.2) is 5.11 Å². The van der Waals surface area contributed by atoms with Crippen LogP contribution >= 0.6 is 0 Å². The van der Waals surface area contributed by atoms with Gasteiger partial charge < -0.3 is 5.11 Å². The molecule has 0 radical (unpaired) electrons. The van der Waals surface area contributed by atoms with Gasteiger partial charge in [-0.25, -0.2) is 0 Å². The molecule has 1 fully saturated rings. The van der Waals surface area contributed by atoms with Gasteiger partial charge in [0, 0.05) is 11.8 Å². The van der Waals surface area contributed by atoms with Gasteiger partial charge in [0.2, 0.25) is 0 Å². The van der Waals surface area contributed by atoms with E-state index < -0.39 is 0 Å². The van der Waals surface area contributed by atoms with Crippen molar-refractivity contribution in [3.05, 3.63) is 52.1 Å². The average Bonchev–Trinajstić information content (AvgIpc) is 2.80. The van der Waals surface area contributed by atoms with Gasteiger partial charge in [-0.15, -0.1) is 0 Å². The van der Waals surface area contributed by atoms with Crippen molar-refractivity contribution in [1.29, 1.82) is 0 Å². The first kappa shape index (κ1) is 11.3. The molecule has 2 unspecified atom stereocenters. The van der Waals surface area contributed by atoms with Gasteiger partial charge in [0.25, 0.3) is 0 Å². The molecule has 0 saturated heterocycles. The van der Waals surface area contributed by atoms with Crippen LogP contribution in [0.1, 0.15) is 49.7 Å². The molecular formula is C18H20O. The second kappa shape index (κ2) is 4.00. The van der Waals surface area contributed by atoms with Gasteiger partial charge in [0.1, 0.15) is 5.75 Å². The first-order chi connectivity index (χ1) is 9.24. The molecule has 1 aromatic carbocycles. The number of fused-ring (bicyclic) bond motifs is 5. The lowest BCUT2D eigenvalue weighted by molar-refractivity contribution is 0.472. The van der Waals surface area contributed by atoms with Crippen LogP contribution < -0.4 is 0 Å². The van der Waals surface area contributed by atoms with E-state index in [-0.39, 0.29) is 0 Å². The van der Waals surface area contributed by atoms with Crippen molar-refractivity contribution in [3.63, 3.8) is 0 Å². The SMILES string of the molecule is CC1=C2CCC3C(=CCc4cc(O)ccc43)C2CC1. The topological polar surface area (TPSA) is 20.2 Å². The molecule has 1 aromatic rings. The number of aromatic hydroxyl groups is 1. The summed E-state index contributed by atoms with van der Waals surface area (Å²) in [5, 5.41) is 9.64. The fourth-order valence-corrected chi connectivity index (χ4v) is 4.41. The van der Waals surface area contributed by atoms with Crippen molar-refractivity contribution in [3.8, 4) is 5.75 Å². The Morgan fingerprint density at radius 3 is 2.84 bits per heavy atom. The highest BCUT2D eigenvalue weighted by Gasteiger charge is 2.37. The number of hydrogen-bond acceptors (Lipinski definition) is 1. The second-order valence-corrected chi connectivity index (χ2v) is 6.28. The van der Waals surface area contributed by atoms with Crippen molar-refractivity contribution < 1.29 is 5.11 Å². The van der Waals surface area contributed by atoms with Gasteiger partial charge in [0.15, 0.2) is 0 Å². The summed E-state index contributed by atoms with van der Waals surface area (Å²) < 4.78 is 0. The molecule has 3 aliphatic carbocycles. The van der Waals surface area contributed by atoms with Crippen LogP contribution in [0, 0.1) is 5.92 Å². The molecule has 0 aromatic heterocycles. The predicted octanol–water partition coefficient (Wildman–Crippen LogP) is 4.48. The lowest BCUT2D eigenvalue weighted by atomic mass is 9.68. The minimum absolute atomic E-state index is 0.406. The normalized spacial score (nSPS) is 28.6. The minimum atomic E-state index is 0.406. The van der Waals surface area contributed by atoms with Crippen molar-refractivity contribution in [2.45, 2.75) is 44.9 Å². The monoisotopic (exact) mass is 252 g/mol. The number of benzene rings is 1. The molecule has 1 nitrogen and oxygen atoms in total. The average molecular weight is 252 g/mol. The van der Waals surface area contributed by atoms with Crippen molar-refractivity contribution in [2.75, 3.05) is 0 Å². The van der Waals surface area contributed by atoms with Crippen LogP contribution in [0.15, 0.2) is 41.0 Å². The molecule has 1 N–H and O–H groups in total. The number of hydrogen-bond donors (Lipinski definition) is 1. The lowest BCUT2D eigenvalue weighted by Gasteiger charge is -2.37. The van der Waals surface area contributed by atoms with E-state index in [0.717, 1.165) is 12.3 Å². The fourth-order valence-electron chi connectivity index (χ4n) is 4.41. The second-order valence-electron chi connectivity index (χ2n) is 6.28. The molecule has 2 atom stereocenters. The molecule has 4 rings (SSSR count).